The van der Waals surface area contributed by atoms with E-state index in [-0.39, 0.29) is 23.6 Å². The number of aryl methyl sites for hydroxylation is 2. The molecule has 1 unspecified atom stereocenters. The Bertz CT molecular complexity index is 1040. The highest BCUT2D eigenvalue weighted by Crippen LogP contribution is 2.33. The quantitative estimate of drug-likeness (QED) is 0.629. The van der Waals surface area contributed by atoms with Crippen molar-refractivity contribution < 1.29 is 14.0 Å². The molecule has 1 N–H and O–H groups in total. The van der Waals surface area contributed by atoms with Gasteiger partial charge in [-0.2, -0.15) is 0 Å². The van der Waals surface area contributed by atoms with Crippen LogP contribution in [0.15, 0.2) is 65.5 Å². The third-order valence-electron chi connectivity index (χ3n) is 5.80. The van der Waals surface area contributed by atoms with E-state index in [4.69, 9.17) is 4.42 Å². The maximum atomic E-state index is 13.7. The van der Waals surface area contributed by atoms with Gasteiger partial charge < -0.3 is 9.73 Å². The van der Waals surface area contributed by atoms with Crippen LogP contribution in [0.2, 0.25) is 0 Å². The highest BCUT2D eigenvalue weighted by molar-refractivity contribution is 6.09. The molecule has 1 fully saturated rings. The van der Waals surface area contributed by atoms with Crippen LogP contribution in [0.1, 0.15) is 59.0 Å². The number of aromatic nitrogens is 1. The van der Waals surface area contributed by atoms with Gasteiger partial charge in [-0.15, -0.1) is 0 Å². The lowest BCUT2D eigenvalue weighted by Crippen LogP contribution is -2.46. The van der Waals surface area contributed by atoms with Crippen molar-refractivity contribution >= 4 is 17.5 Å². The molecule has 1 atom stereocenters. The highest BCUT2D eigenvalue weighted by Gasteiger charge is 2.36. The zero-order valence-electron chi connectivity index (χ0n) is 17.9. The van der Waals surface area contributed by atoms with Crippen LogP contribution >= 0.6 is 0 Å². The third-order valence-corrected chi connectivity index (χ3v) is 5.80. The molecule has 2 heterocycles. The summed E-state index contributed by atoms with van der Waals surface area (Å²) in [5.41, 5.74) is 3.29. The van der Waals surface area contributed by atoms with Gasteiger partial charge in [-0.05, 0) is 73.7 Å². The molecular formula is C25H27N3O3. The standard InChI is InChI=1S/C25H27N3O3/c1-17-9-10-18(2)21(16-17)28(25(30)22-8-5-15-31-22)23(19-11-13-26-14-12-19)24(29)27-20-6-3-4-7-20/h5,8-16,20,23H,3-4,6-7H2,1-2H3,(H,27,29). The number of anilines is 1. The summed E-state index contributed by atoms with van der Waals surface area (Å²) < 4.78 is 5.43. The maximum absolute atomic E-state index is 13.7. The molecule has 1 aromatic carbocycles. The summed E-state index contributed by atoms with van der Waals surface area (Å²) in [5.74, 6) is -0.366. The number of furan rings is 1. The van der Waals surface area contributed by atoms with Gasteiger partial charge in [0.1, 0.15) is 6.04 Å². The average Bonchev–Trinajstić information content (AvgIpc) is 3.48. The Hall–Kier alpha value is -3.41. The van der Waals surface area contributed by atoms with E-state index in [2.05, 4.69) is 10.3 Å². The predicted octanol–water partition coefficient (Wildman–Crippen LogP) is 4.74. The lowest BCUT2D eigenvalue weighted by molar-refractivity contribution is -0.123. The molecule has 3 aromatic rings. The SMILES string of the molecule is Cc1ccc(C)c(N(C(=O)c2ccco2)C(C(=O)NC2CCCC2)c2ccncc2)c1. The fourth-order valence-corrected chi connectivity index (χ4v) is 4.18. The van der Waals surface area contributed by atoms with Crippen LogP contribution in [0.4, 0.5) is 5.69 Å². The fraction of sp³-hybridized carbons (Fsp3) is 0.320. The van der Waals surface area contributed by atoms with Gasteiger partial charge in [0.05, 0.1) is 6.26 Å². The van der Waals surface area contributed by atoms with E-state index in [1.807, 2.05) is 32.0 Å². The molecule has 0 aliphatic heterocycles. The van der Waals surface area contributed by atoms with Crippen LogP contribution in [0, 0.1) is 13.8 Å². The molecule has 31 heavy (non-hydrogen) atoms. The Labute approximate surface area is 182 Å². The molecule has 0 spiro atoms. The zero-order chi connectivity index (χ0) is 21.8. The second kappa shape index (κ2) is 9.16. The summed E-state index contributed by atoms with van der Waals surface area (Å²) in [7, 11) is 0. The fourth-order valence-electron chi connectivity index (χ4n) is 4.18. The summed E-state index contributed by atoms with van der Waals surface area (Å²) in [6.45, 7) is 3.91. The van der Waals surface area contributed by atoms with Crippen molar-refractivity contribution in [2.45, 2.75) is 51.6 Å². The van der Waals surface area contributed by atoms with Gasteiger partial charge >= 0.3 is 0 Å². The molecule has 1 aliphatic carbocycles. The summed E-state index contributed by atoms with van der Waals surface area (Å²) in [4.78, 5) is 32.9. The molecule has 4 rings (SSSR count). The van der Waals surface area contributed by atoms with E-state index in [9.17, 15) is 9.59 Å². The van der Waals surface area contributed by atoms with E-state index >= 15 is 0 Å². The monoisotopic (exact) mass is 417 g/mol. The van der Waals surface area contributed by atoms with Gasteiger partial charge in [0, 0.05) is 24.1 Å². The van der Waals surface area contributed by atoms with Crippen LogP contribution in [-0.2, 0) is 4.79 Å². The maximum Gasteiger partial charge on any atom is 0.294 e. The average molecular weight is 418 g/mol. The van der Waals surface area contributed by atoms with Gasteiger partial charge in [-0.25, -0.2) is 0 Å². The Balaban J connectivity index is 1.83. The lowest BCUT2D eigenvalue weighted by atomic mass is 10.0. The normalized spacial score (nSPS) is 14.9. The van der Waals surface area contributed by atoms with E-state index < -0.39 is 6.04 Å². The number of pyridine rings is 1. The van der Waals surface area contributed by atoms with Crippen LogP contribution in [0.25, 0.3) is 0 Å². The van der Waals surface area contributed by atoms with Crippen LogP contribution in [0.3, 0.4) is 0 Å². The van der Waals surface area contributed by atoms with Crippen molar-refractivity contribution in [1.29, 1.82) is 0 Å². The minimum atomic E-state index is -0.846. The molecule has 1 saturated carbocycles. The number of hydrogen-bond acceptors (Lipinski definition) is 4. The predicted molar refractivity (Wildman–Crippen MR) is 119 cm³/mol. The minimum Gasteiger partial charge on any atom is -0.459 e. The summed E-state index contributed by atoms with van der Waals surface area (Å²) in [6.07, 6.45) is 8.89. The van der Waals surface area contributed by atoms with Crippen LogP contribution in [-0.4, -0.2) is 22.8 Å². The van der Waals surface area contributed by atoms with Gasteiger partial charge in [-0.1, -0.05) is 25.0 Å². The van der Waals surface area contributed by atoms with Gasteiger partial charge in [0.2, 0.25) is 5.91 Å². The topological polar surface area (TPSA) is 75.4 Å². The molecule has 2 amide bonds. The number of carbonyl (C=O) groups is 2. The smallest absolute Gasteiger partial charge is 0.294 e. The van der Waals surface area contributed by atoms with E-state index in [1.54, 1.807) is 41.6 Å². The number of nitrogens with zero attached hydrogens (tertiary/aromatic N) is 2. The van der Waals surface area contributed by atoms with Crippen LogP contribution in [0.5, 0.6) is 0 Å². The van der Waals surface area contributed by atoms with Crippen LogP contribution < -0.4 is 10.2 Å². The highest BCUT2D eigenvalue weighted by atomic mass is 16.3. The Morgan fingerprint density at radius 2 is 1.84 bits per heavy atom. The van der Waals surface area contributed by atoms with Crippen molar-refractivity contribution in [3.05, 3.63) is 83.6 Å². The summed E-state index contributed by atoms with van der Waals surface area (Å²) >= 11 is 0. The van der Waals surface area contributed by atoms with Gasteiger partial charge in [0.25, 0.3) is 5.91 Å². The number of amides is 2. The van der Waals surface area contributed by atoms with Gasteiger partial charge in [0.15, 0.2) is 5.76 Å². The van der Waals surface area contributed by atoms with E-state index in [1.165, 1.54) is 6.26 Å². The summed E-state index contributed by atoms with van der Waals surface area (Å²) in [5, 5.41) is 3.18. The first-order valence-corrected chi connectivity index (χ1v) is 10.7. The van der Waals surface area contributed by atoms with Crippen molar-refractivity contribution in [2.75, 3.05) is 4.90 Å². The van der Waals surface area contributed by atoms with E-state index in [0.29, 0.717) is 11.3 Å². The first-order valence-electron chi connectivity index (χ1n) is 10.7. The van der Waals surface area contributed by atoms with Crippen molar-refractivity contribution in [3.8, 4) is 0 Å². The summed E-state index contributed by atoms with van der Waals surface area (Å²) in [6, 6.07) is 12.1. The molecule has 1 aliphatic rings. The second-order valence-electron chi connectivity index (χ2n) is 8.12. The Morgan fingerprint density at radius 1 is 1.10 bits per heavy atom. The molecular weight excluding hydrogens is 390 g/mol. The molecule has 6 nitrogen and oxygen atoms in total. The molecule has 2 aromatic heterocycles. The number of carbonyl (C=O) groups excluding carboxylic acids is 2. The number of benzene rings is 1. The molecule has 6 heteroatoms. The Morgan fingerprint density at radius 3 is 2.52 bits per heavy atom. The first-order chi connectivity index (χ1) is 15.0. The number of hydrogen-bond donors (Lipinski definition) is 1. The third kappa shape index (κ3) is 4.53. The molecule has 0 saturated heterocycles. The second-order valence-corrected chi connectivity index (χ2v) is 8.12. The largest absolute Gasteiger partial charge is 0.459 e. The molecule has 0 radical (unpaired) electrons. The van der Waals surface area contributed by atoms with Crippen molar-refractivity contribution in [1.82, 2.24) is 10.3 Å². The van der Waals surface area contributed by atoms with Gasteiger partial charge in [-0.3, -0.25) is 19.5 Å². The minimum absolute atomic E-state index is 0.135. The van der Waals surface area contributed by atoms with Crippen molar-refractivity contribution in [3.63, 3.8) is 0 Å². The lowest BCUT2D eigenvalue weighted by Gasteiger charge is -2.33. The molecule has 160 valence electrons. The Kier molecular flexibility index (Phi) is 6.16. The van der Waals surface area contributed by atoms with E-state index in [0.717, 1.165) is 36.8 Å². The number of rotatable bonds is 6. The first kappa shape index (κ1) is 20.8. The number of nitrogens with one attached hydrogen (secondary N) is 1. The molecule has 0 bridgehead atoms. The van der Waals surface area contributed by atoms with Crippen molar-refractivity contribution in [2.24, 2.45) is 0 Å². The zero-order valence-corrected chi connectivity index (χ0v) is 17.9.